The zero-order valence-electron chi connectivity index (χ0n) is 19.8. The van der Waals surface area contributed by atoms with Crippen LogP contribution in [0.5, 0.6) is 0 Å². The monoisotopic (exact) mass is 438 g/mol. The van der Waals surface area contributed by atoms with E-state index in [1.807, 2.05) is 23.7 Å². The highest BCUT2D eigenvalue weighted by molar-refractivity contribution is 5.85. The molecule has 1 aromatic carbocycles. The van der Waals surface area contributed by atoms with Crippen LogP contribution in [0.3, 0.4) is 0 Å². The molecule has 0 spiro atoms. The minimum atomic E-state index is -0.177. The van der Waals surface area contributed by atoms with Crippen molar-refractivity contribution >= 4 is 10.9 Å². The van der Waals surface area contributed by atoms with E-state index >= 15 is 0 Å². The van der Waals surface area contributed by atoms with Gasteiger partial charge in [-0.15, -0.1) is 5.10 Å². The average Bonchev–Trinajstić information content (AvgIpc) is 3.44. The van der Waals surface area contributed by atoms with Crippen LogP contribution in [0.25, 0.3) is 10.9 Å². The van der Waals surface area contributed by atoms with Crippen molar-refractivity contribution in [2.24, 2.45) is 0 Å². The molecule has 172 valence electrons. The van der Waals surface area contributed by atoms with E-state index in [2.05, 4.69) is 59.2 Å². The first kappa shape index (κ1) is 22.6. The van der Waals surface area contributed by atoms with Crippen molar-refractivity contribution in [2.75, 3.05) is 13.2 Å². The fourth-order valence-electron chi connectivity index (χ4n) is 4.36. The first-order chi connectivity index (χ1) is 15.3. The van der Waals surface area contributed by atoms with Crippen molar-refractivity contribution in [1.29, 1.82) is 0 Å². The van der Waals surface area contributed by atoms with Crippen LogP contribution in [0, 0.1) is 13.8 Å². The molecule has 1 aliphatic rings. The Balaban J connectivity index is 1.66. The van der Waals surface area contributed by atoms with Crippen molar-refractivity contribution in [3.8, 4) is 0 Å². The molecule has 0 radical (unpaired) electrons. The van der Waals surface area contributed by atoms with Gasteiger partial charge in [-0.3, -0.25) is 9.69 Å². The Morgan fingerprint density at radius 2 is 2.03 bits per heavy atom. The first-order valence-corrected chi connectivity index (χ1v) is 11.5. The molecule has 0 bridgehead atoms. The van der Waals surface area contributed by atoms with Gasteiger partial charge in [0.05, 0.1) is 23.7 Å². The molecule has 32 heavy (non-hydrogen) atoms. The van der Waals surface area contributed by atoms with Gasteiger partial charge in [0.15, 0.2) is 5.82 Å². The maximum atomic E-state index is 13.0. The Hall–Kier alpha value is -2.58. The smallest absolute Gasteiger partial charge is 0.252 e. The van der Waals surface area contributed by atoms with E-state index in [-0.39, 0.29) is 17.2 Å². The summed E-state index contributed by atoms with van der Waals surface area (Å²) in [4.78, 5) is 18.3. The quantitative estimate of drug-likeness (QED) is 0.579. The van der Waals surface area contributed by atoms with Gasteiger partial charge in [-0.05, 0) is 74.6 Å². The number of ether oxygens (including phenoxy) is 1. The number of rotatable bonds is 8. The Kier molecular flexibility index (Phi) is 6.44. The lowest BCUT2D eigenvalue weighted by atomic mass is 10.0. The van der Waals surface area contributed by atoms with E-state index in [1.165, 1.54) is 0 Å². The summed E-state index contributed by atoms with van der Waals surface area (Å²) in [6.45, 7) is 13.1. The first-order valence-electron chi connectivity index (χ1n) is 11.5. The average molecular weight is 439 g/mol. The van der Waals surface area contributed by atoms with E-state index in [0.717, 1.165) is 65.8 Å². The number of aryl methyl sites for hydroxylation is 2. The van der Waals surface area contributed by atoms with Gasteiger partial charge in [-0.1, -0.05) is 19.1 Å². The molecule has 1 aliphatic heterocycles. The molecule has 3 heterocycles. The van der Waals surface area contributed by atoms with Crippen LogP contribution in [0.1, 0.15) is 62.5 Å². The second kappa shape index (κ2) is 9.11. The number of benzene rings is 1. The largest absolute Gasteiger partial charge is 0.377 e. The Morgan fingerprint density at radius 3 is 2.75 bits per heavy atom. The molecule has 1 saturated heterocycles. The van der Waals surface area contributed by atoms with Crippen LogP contribution >= 0.6 is 0 Å². The van der Waals surface area contributed by atoms with Crippen LogP contribution in [0.4, 0.5) is 0 Å². The van der Waals surface area contributed by atoms with Crippen molar-refractivity contribution < 1.29 is 4.74 Å². The molecule has 4 rings (SSSR count). The highest BCUT2D eigenvalue weighted by Gasteiger charge is 2.26. The van der Waals surface area contributed by atoms with E-state index in [4.69, 9.17) is 4.74 Å². The van der Waals surface area contributed by atoms with Gasteiger partial charge in [0.1, 0.15) is 0 Å². The van der Waals surface area contributed by atoms with Gasteiger partial charge in [0.25, 0.3) is 5.56 Å². The number of hydrogen-bond acceptors (Lipinski definition) is 6. The van der Waals surface area contributed by atoms with Crippen LogP contribution in [0.2, 0.25) is 0 Å². The zero-order valence-corrected chi connectivity index (χ0v) is 19.8. The number of tetrazole rings is 1. The molecule has 1 fully saturated rings. The van der Waals surface area contributed by atoms with Gasteiger partial charge in [-0.2, -0.15) is 0 Å². The van der Waals surface area contributed by atoms with Gasteiger partial charge in [0, 0.05) is 30.6 Å². The third-order valence-electron chi connectivity index (χ3n) is 6.74. The Bertz CT molecular complexity index is 1140. The lowest BCUT2D eigenvalue weighted by molar-refractivity contribution is 0.0655. The van der Waals surface area contributed by atoms with E-state index in [9.17, 15) is 4.79 Å². The van der Waals surface area contributed by atoms with Gasteiger partial charge in [-0.25, -0.2) is 4.68 Å². The van der Waals surface area contributed by atoms with E-state index in [1.54, 1.807) is 0 Å². The molecule has 1 atom stereocenters. The molecule has 8 nitrogen and oxygen atoms in total. The molecular weight excluding hydrogens is 404 g/mol. The summed E-state index contributed by atoms with van der Waals surface area (Å²) in [5.41, 5.74) is 3.67. The lowest BCUT2D eigenvalue weighted by Crippen LogP contribution is -2.36. The maximum Gasteiger partial charge on any atom is 0.252 e. The standard InChI is InChI=1S/C24H34N6O2/c1-6-24(4,5)30-21(26-27-28-30)15-29(14-19-8-7-11-32-19)13-18-12-20-16(2)9-10-17(3)22(20)25-23(18)31/h9-10,12,19H,6-8,11,13-15H2,1-5H3,(H,25,31)/t19-/m0/s1. The topological polar surface area (TPSA) is 88.9 Å². The van der Waals surface area contributed by atoms with E-state index in [0.29, 0.717) is 13.1 Å². The number of H-pyrrole nitrogens is 1. The summed E-state index contributed by atoms with van der Waals surface area (Å²) in [6.07, 6.45) is 3.20. The summed E-state index contributed by atoms with van der Waals surface area (Å²) >= 11 is 0. The number of nitrogens with one attached hydrogen (secondary N) is 1. The lowest BCUT2D eigenvalue weighted by Gasteiger charge is -2.28. The molecule has 0 amide bonds. The highest BCUT2D eigenvalue weighted by atomic mass is 16.5. The molecule has 2 aromatic heterocycles. The fraction of sp³-hybridized carbons (Fsp3) is 0.583. The second-order valence-electron chi connectivity index (χ2n) is 9.59. The van der Waals surface area contributed by atoms with Gasteiger partial charge >= 0.3 is 0 Å². The highest BCUT2D eigenvalue weighted by Crippen LogP contribution is 2.23. The fourth-order valence-corrected chi connectivity index (χ4v) is 4.36. The number of pyridine rings is 1. The molecule has 0 saturated carbocycles. The second-order valence-corrected chi connectivity index (χ2v) is 9.59. The molecule has 1 N–H and O–H groups in total. The summed E-state index contributed by atoms with van der Waals surface area (Å²) in [5, 5.41) is 13.6. The van der Waals surface area contributed by atoms with Crippen LogP contribution < -0.4 is 5.56 Å². The van der Waals surface area contributed by atoms with Crippen molar-refractivity contribution in [3.05, 3.63) is 51.1 Å². The van der Waals surface area contributed by atoms with Crippen LogP contribution in [-0.2, 0) is 23.4 Å². The number of nitrogens with zero attached hydrogens (tertiary/aromatic N) is 5. The summed E-state index contributed by atoms with van der Waals surface area (Å²) in [5.74, 6) is 0.805. The number of aromatic nitrogens is 5. The molecule has 3 aromatic rings. The van der Waals surface area contributed by atoms with Crippen molar-refractivity contribution in [3.63, 3.8) is 0 Å². The third kappa shape index (κ3) is 4.61. The predicted molar refractivity (Wildman–Crippen MR) is 125 cm³/mol. The van der Waals surface area contributed by atoms with E-state index < -0.39 is 0 Å². The number of aromatic amines is 1. The Labute approximate surface area is 189 Å². The minimum Gasteiger partial charge on any atom is -0.377 e. The van der Waals surface area contributed by atoms with Crippen LogP contribution in [0.15, 0.2) is 23.0 Å². The van der Waals surface area contributed by atoms with Crippen molar-refractivity contribution in [1.82, 2.24) is 30.1 Å². The van der Waals surface area contributed by atoms with Gasteiger partial charge < -0.3 is 9.72 Å². The number of fused-ring (bicyclic) bond motifs is 1. The molecule has 0 unspecified atom stereocenters. The molecular formula is C24H34N6O2. The normalized spacial score (nSPS) is 17.0. The molecule has 8 heteroatoms. The Morgan fingerprint density at radius 1 is 1.25 bits per heavy atom. The summed E-state index contributed by atoms with van der Waals surface area (Å²) in [6, 6.07) is 6.19. The maximum absolute atomic E-state index is 13.0. The third-order valence-corrected chi connectivity index (χ3v) is 6.74. The van der Waals surface area contributed by atoms with Crippen molar-refractivity contribution in [2.45, 2.75) is 78.6 Å². The van der Waals surface area contributed by atoms with Gasteiger partial charge in [0.2, 0.25) is 0 Å². The zero-order chi connectivity index (χ0) is 22.9. The predicted octanol–water partition coefficient (Wildman–Crippen LogP) is 3.46. The number of hydrogen-bond donors (Lipinski definition) is 1. The summed E-state index contributed by atoms with van der Waals surface area (Å²) in [7, 11) is 0. The minimum absolute atomic E-state index is 0.0444. The van der Waals surface area contributed by atoms with Crippen LogP contribution in [-0.4, -0.2) is 49.3 Å². The SMILES string of the molecule is CCC(C)(C)n1nnnc1CN(Cc1cc2c(C)ccc(C)c2[nH]c1=O)C[C@@H]1CCCO1. The summed E-state index contributed by atoms with van der Waals surface area (Å²) < 4.78 is 7.82. The molecule has 0 aliphatic carbocycles.